The summed E-state index contributed by atoms with van der Waals surface area (Å²) < 4.78 is 12.8. The van der Waals surface area contributed by atoms with Crippen molar-refractivity contribution in [1.82, 2.24) is 14.7 Å². The van der Waals surface area contributed by atoms with Gasteiger partial charge in [-0.3, -0.25) is 10.1 Å². The molecule has 2 fully saturated rings. The fraction of sp³-hybridized carbons (Fsp3) is 0.395. The SMILES string of the molecule is COc1cccc(C(=O)N2C3CCC2CC(Cc2cccc(NC(=O)Nc4cc(C(C)(C)C)nn4-c4ccc(C)cc4)c2)C3)c1OC. The van der Waals surface area contributed by atoms with Crippen molar-refractivity contribution in [3.05, 3.63) is 95.2 Å². The van der Waals surface area contributed by atoms with Gasteiger partial charge in [0, 0.05) is 29.3 Å². The van der Waals surface area contributed by atoms with Crippen LogP contribution in [-0.4, -0.2) is 52.9 Å². The highest BCUT2D eigenvalue weighted by atomic mass is 16.5. The number of para-hydroxylation sites is 1. The maximum absolute atomic E-state index is 13.8. The summed E-state index contributed by atoms with van der Waals surface area (Å²) in [5.74, 6) is 2.13. The fourth-order valence-electron chi connectivity index (χ4n) is 7.09. The third kappa shape index (κ3) is 6.84. The molecule has 3 aromatic carbocycles. The number of hydrogen-bond acceptors (Lipinski definition) is 5. The lowest BCUT2D eigenvalue weighted by molar-refractivity contribution is 0.0520. The normalized spacial score (nSPS) is 18.9. The van der Waals surface area contributed by atoms with Crippen molar-refractivity contribution in [1.29, 1.82) is 0 Å². The molecule has 0 spiro atoms. The minimum absolute atomic E-state index is 0.0160. The van der Waals surface area contributed by atoms with E-state index in [-0.39, 0.29) is 29.4 Å². The zero-order valence-electron chi connectivity index (χ0n) is 28.2. The number of hydrogen-bond donors (Lipinski definition) is 2. The number of amides is 3. The molecule has 2 N–H and O–H groups in total. The molecular weight excluding hydrogens is 590 g/mol. The predicted octanol–water partition coefficient (Wildman–Crippen LogP) is 7.77. The van der Waals surface area contributed by atoms with Crippen LogP contribution in [0.2, 0.25) is 0 Å². The van der Waals surface area contributed by atoms with Crippen LogP contribution in [0.25, 0.3) is 5.69 Å². The highest BCUT2D eigenvalue weighted by Gasteiger charge is 2.44. The van der Waals surface area contributed by atoms with Gasteiger partial charge in [-0.25, -0.2) is 9.48 Å². The van der Waals surface area contributed by atoms with E-state index in [1.54, 1.807) is 18.9 Å². The van der Waals surface area contributed by atoms with E-state index in [4.69, 9.17) is 14.6 Å². The number of nitrogens with zero attached hydrogens (tertiary/aromatic N) is 3. The summed E-state index contributed by atoms with van der Waals surface area (Å²) in [4.78, 5) is 29.1. The highest BCUT2D eigenvalue weighted by Crippen LogP contribution is 2.42. The first kappa shape index (κ1) is 32.2. The number of fused-ring (bicyclic) bond motifs is 2. The number of nitrogens with one attached hydrogen (secondary N) is 2. The predicted molar refractivity (Wildman–Crippen MR) is 185 cm³/mol. The van der Waals surface area contributed by atoms with E-state index in [1.165, 1.54) is 5.56 Å². The van der Waals surface area contributed by atoms with Crippen LogP contribution in [0.3, 0.4) is 0 Å². The molecule has 2 bridgehead atoms. The number of ether oxygens (including phenoxy) is 2. The van der Waals surface area contributed by atoms with Gasteiger partial charge in [-0.15, -0.1) is 0 Å². The average molecular weight is 636 g/mol. The Morgan fingerprint density at radius 2 is 1.60 bits per heavy atom. The van der Waals surface area contributed by atoms with Gasteiger partial charge >= 0.3 is 6.03 Å². The topological polar surface area (TPSA) is 97.7 Å². The van der Waals surface area contributed by atoms with E-state index in [0.29, 0.717) is 28.8 Å². The number of anilines is 2. The molecule has 2 atom stereocenters. The summed E-state index contributed by atoms with van der Waals surface area (Å²) in [6.45, 7) is 8.36. The van der Waals surface area contributed by atoms with Crippen LogP contribution in [0, 0.1) is 12.8 Å². The summed E-state index contributed by atoms with van der Waals surface area (Å²) in [7, 11) is 3.16. The molecule has 3 amide bonds. The fourth-order valence-corrected chi connectivity index (χ4v) is 7.09. The molecule has 1 aromatic heterocycles. The molecular formula is C38H45N5O4. The van der Waals surface area contributed by atoms with Crippen LogP contribution in [0.5, 0.6) is 11.5 Å². The maximum atomic E-state index is 13.8. The molecule has 0 aliphatic carbocycles. The van der Waals surface area contributed by atoms with E-state index in [0.717, 1.165) is 54.7 Å². The lowest BCUT2D eigenvalue weighted by atomic mass is 9.85. The molecule has 0 saturated carbocycles. The zero-order valence-corrected chi connectivity index (χ0v) is 28.2. The van der Waals surface area contributed by atoms with Crippen LogP contribution >= 0.6 is 0 Å². The first-order valence-electron chi connectivity index (χ1n) is 16.4. The molecule has 0 radical (unpaired) electrons. The minimum Gasteiger partial charge on any atom is -0.493 e. The van der Waals surface area contributed by atoms with Crippen LogP contribution in [0.1, 0.15) is 73.6 Å². The van der Waals surface area contributed by atoms with Crippen molar-refractivity contribution in [3.63, 3.8) is 0 Å². The van der Waals surface area contributed by atoms with Gasteiger partial charge in [-0.05, 0) is 86.9 Å². The smallest absolute Gasteiger partial charge is 0.324 e. The monoisotopic (exact) mass is 635 g/mol. The Balaban J connectivity index is 1.11. The third-order valence-electron chi connectivity index (χ3n) is 9.41. The third-order valence-corrected chi connectivity index (χ3v) is 9.41. The molecule has 3 heterocycles. The number of urea groups is 1. The lowest BCUT2D eigenvalue weighted by Gasteiger charge is -2.39. The Labute approximate surface area is 277 Å². The Morgan fingerprint density at radius 1 is 0.894 bits per heavy atom. The van der Waals surface area contributed by atoms with Gasteiger partial charge in [0.15, 0.2) is 11.5 Å². The quantitative estimate of drug-likeness (QED) is 0.206. The second-order valence-corrected chi connectivity index (χ2v) is 13.9. The van der Waals surface area contributed by atoms with Crippen molar-refractivity contribution in [2.75, 3.05) is 24.9 Å². The Hall–Kier alpha value is -4.79. The van der Waals surface area contributed by atoms with Gasteiger partial charge in [-0.2, -0.15) is 5.10 Å². The van der Waals surface area contributed by atoms with Crippen molar-refractivity contribution in [3.8, 4) is 17.2 Å². The molecule has 2 aliphatic heterocycles. The van der Waals surface area contributed by atoms with Crippen LogP contribution < -0.4 is 20.1 Å². The Kier molecular flexibility index (Phi) is 8.99. The standard InChI is InChI=1S/C38H45N5O4/c1-24-13-15-28(16-14-24)43-34(23-33(41-43)38(2,3)4)40-37(45)39-27-10-7-9-25(20-27)19-26-21-29-17-18-30(22-26)42(29)36(44)31-11-8-12-32(46-5)35(31)47-6/h7-16,20,23,26,29-30H,17-19,21-22H2,1-6H3,(H2,39,40,45). The number of carbonyl (C=O) groups excluding carboxylic acids is 2. The first-order valence-corrected chi connectivity index (χ1v) is 16.4. The number of aromatic nitrogens is 2. The van der Waals surface area contributed by atoms with Crippen LogP contribution in [-0.2, 0) is 11.8 Å². The minimum atomic E-state index is -0.325. The first-order chi connectivity index (χ1) is 22.5. The van der Waals surface area contributed by atoms with E-state index in [2.05, 4.69) is 48.4 Å². The van der Waals surface area contributed by atoms with Gasteiger partial charge in [0.05, 0.1) is 31.2 Å². The molecule has 6 rings (SSSR count). The summed E-state index contributed by atoms with van der Waals surface area (Å²) in [6.07, 6.45) is 4.81. The molecule has 2 unspecified atom stereocenters. The van der Waals surface area contributed by atoms with E-state index in [1.807, 2.05) is 67.6 Å². The van der Waals surface area contributed by atoms with E-state index < -0.39 is 0 Å². The number of rotatable bonds is 8. The second kappa shape index (κ2) is 13.1. The molecule has 9 nitrogen and oxygen atoms in total. The van der Waals surface area contributed by atoms with Crippen molar-refractivity contribution >= 4 is 23.4 Å². The van der Waals surface area contributed by atoms with Crippen LogP contribution in [0.15, 0.2) is 72.8 Å². The molecule has 4 aromatic rings. The van der Waals surface area contributed by atoms with Gasteiger partial charge in [0.1, 0.15) is 5.82 Å². The number of methoxy groups -OCH3 is 2. The summed E-state index contributed by atoms with van der Waals surface area (Å²) in [5.41, 5.74) is 5.20. The lowest BCUT2D eigenvalue weighted by Crippen LogP contribution is -2.47. The largest absolute Gasteiger partial charge is 0.493 e. The van der Waals surface area contributed by atoms with Gasteiger partial charge in [0.2, 0.25) is 0 Å². The summed E-state index contributed by atoms with van der Waals surface area (Å²) in [5, 5.41) is 10.9. The van der Waals surface area contributed by atoms with E-state index >= 15 is 0 Å². The van der Waals surface area contributed by atoms with Crippen LogP contribution in [0.4, 0.5) is 16.3 Å². The van der Waals surface area contributed by atoms with Gasteiger partial charge < -0.3 is 19.7 Å². The number of piperidine rings is 1. The van der Waals surface area contributed by atoms with Crippen molar-refractivity contribution in [2.24, 2.45) is 5.92 Å². The van der Waals surface area contributed by atoms with Gasteiger partial charge in [-0.1, -0.05) is 56.7 Å². The Bertz CT molecular complexity index is 1740. The second-order valence-electron chi connectivity index (χ2n) is 13.9. The molecule has 2 aliphatic rings. The summed E-state index contributed by atoms with van der Waals surface area (Å²) in [6, 6.07) is 23.6. The van der Waals surface area contributed by atoms with Crippen molar-refractivity contribution in [2.45, 2.75) is 77.3 Å². The van der Waals surface area contributed by atoms with Crippen molar-refractivity contribution < 1.29 is 19.1 Å². The van der Waals surface area contributed by atoms with Gasteiger partial charge in [0.25, 0.3) is 5.91 Å². The molecule has 246 valence electrons. The highest BCUT2D eigenvalue weighted by molar-refractivity contribution is 5.99. The molecule has 47 heavy (non-hydrogen) atoms. The number of benzene rings is 3. The number of carbonyl (C=O) groups is 2. The molecule has 2 saturated heterocycles. The average Bonchev–Trinajstić information content (AvgIpc) is 3.58. The Morgan fingerprint density at radius 3 is 2.26 bits per heavy atom. The van der Waals surface area contributed by atoms with E-state index in [9.17, 15) is 9.59 Å². The number of aryl methyl sites for hydroxylation is 1. The zero-order chi connectivity index (χ0) is 33.3. The molecule has 9 heteroatoms. The maximum Gasteiger partial charge on any atom is 0.324 e. The summed E-state index contributed by atoms with van der Waals surface area (Å²) >= 11 is 0.